The first-order valence-electron chi connectivity index (χ1n) is 6.66. The molecule has 0 bridgehead atoms. The van der Waals surface area contributed by atoms with Crippen LogP contribution in [0.1, 0.15) is 53.4 Å². The van der Waals surface area contributed by atoms with Gasteiger partial charge in [-0.25, -0.2) is 0 Å². The van der Waals surface area contributed by atoms with Gasteiger partial charge in [-0.15, -0.1) is 0 Å². The minimum absolute atomic E-state index is 0.790. The Morgan fingerprint density at radius 1 is 1.18 bits per heavy atom. The third-order valence-electron chi connectivity index (χ3n) is 2.74. The van der Waals surface area contributed by atoms with Gasteiger partial charge in [0.2, 0.25) is 0 Å². The fraction of sp³-hybridized carbons (Fsp3) is 0.529. The summed E-state index contributed by atoms with van der Waals surface area (Å²) in [7, 11) is 0. The van der Waals surface area contributed by atoms with Crippen molar-refractivity contribution in [1.29, 1.82) is 0 Å². The molecule has 0 saturated heterocycles. The molecule has 17 heavy (non-hydrogen) atoms. The van der Waals surface area contributed by atoms with E-state index in [1.165, 1.54) is 25.7 Å². The molecule has 0 aliphatic rings. The first kappa shape index (κ1) is 18.3. The Morgan fingerprint density at radius 2 is 1.71 bits per heavy atom. The molecule has 1 atom stereocenters. The molecule has 0 spiro atoms. The lowest BCUT2D eigenvalue weighted by atomic mass is 9.90. The summed E-state index contributed by atoms with van der Waals surface area (Å²) in [6.45, 7) is 19.4. The van der Waals surface area contributed by atoms with Crippen LogP contribution in [0, 0.1) is 5.92 Å². The summed E-state index contributed by atoms with van der Waals surface area (Å²) in [6, 6.07) is 0. The molecule has 0 rings (SSSR count). The summed E-state index contributed by atoms with van der Waals surface area (Å²) in [4.78, 5) is 0. The van der Waals surface area contributed by atoms with Crippen molar-refractivity contribution >= 4 is 0 Å². The van der Waals surface area contributed by atoms with Crippen LogP contribution in [0.5, 0.6) is 0 Å². The molecule has 0 aliphatic carbocycles. The van der Waals surface area contributed by atoms with Gasteiger partial charge in [0, 0.05) is 0 Å². The molecule has 1 unspecified atom stereocenters. The second-order valence-corrected chi connectivity index (χ2v) is 4.28. The van der Waals surface area contributed by atoms with Crippen LogP contribution in [0.4, 0.5) is 0 Å². The summed E-state index contributed by atoms with van der Waals surface area (Å²) in [5.74, 6) is 0.790. The molecule has 0 amide bonds. The van der Waals surface area contributed by atoms with Gasteiger partial charge in [-0.1, -0.05) is 76.3 Å². The van der Waals surface area contributed by atoms with Crippen molar-refractivity contribution in [2.45, 2.75) is 53.4 Å². The summed E-state index contributed by atoms with van der Waals surface area (Å²) < 4.78 is 0. The highest BCUT2D eigenvalue weighted by Crippen LogP contribution is 2.23. The average Bonchev–Trinajstić information content (AvgIpc) is 2.34. The average molecular weight is 234 g/mol. The van der Waals surface area contributed by atoms with E-state index in [2.05, 4.69) is 46.6 Å². The Bertz CT molecular complexity index is 243. The predicted molar refractivity (Wildman–Crippen MR) is 82.3 cm³/mol. The number of hydrogen-bond donors (Lipinski definition) is 0. The number of rotatable bonds is 7. The Labute approximate surface area is 109 Å². The molecular weight excluding hydrogens is 204 g/mol. The van der Waals surface area contributed by atoms with Crippen LogP contribution in [0.3, 0.4) is 0 Å². The van der Waals surface area contributed by atoms with Gasteiger partial charge in [-0.05, 0) is 32.1 Å². The Morgan fingerprint density at radius 3 is 1.94 bits per heavy atom. The molecule has 98 valence electrons. The lowest BCUT2D eigenvalue weighted by molar-refractivity contribution is 0.522. The van der Waals surface area contributed by atoms with Gasteiger partial charge in [-0.2, -0.15) is 0 Å². The van der Waals surface area contributed by atoms with Crippen molar-refractivity contribution in [3.05, 3.63) is 49.1 Å². The van der Waals surface area contributed by atoms with Crippen LogP contribution < -0.4 is 0 Å². The Kier molecular flexibility index (Phi) is 14.0. The maximum Gasteiger partial charge on any atom is -0.0203 e. The second-order valence-electron chi connectivity index (χ2n) is 4.28. The SMILES string of the molecule is C=C/C=C(\CC)C(CC)CCC.C=CC(=C)C. The third-order valence-corrected chi connectivity index (χ3v) is 2.74. The van der Waals surface area contributed by atoms with Crippen LogP contribution in [0.2, 0.25) is 0 Å². The van der Waals surface area contributed by atoms with E-state index in [4.69, 9.17) is 0 Å². The molecule has 0 nitrogen and oxygen atoms in total. The molecule has 0 radical (unpaired) electrons. The molecule has 0 saturated carbocycles. The van der Waals surface area contributed by atoms with E-state index < -0.39 is 0 Å². The quantitative estimate of drug-likeness (QED) is 0.468. The highest BCUT2D eigenvalue weighted by atomic mass is 14.1. The van der Waals surface area contributed by atoms with Gasteiger partial charge in [0.1, 0.15) is 0 Å². The van der Waals surface area contributed by atoms with Gasteiger partial charge in [0.05, 0.1) is 0 Å². The van der Waals surface area contributed by atoms with E-state index in [0.29, 0.717) is 0 Å². The van der Waals surface area contributed by atoms with Crippen LogP contribution >= 0.6 is 0 Å². The zero-order valence-corrected chi connectivity index (χ0v) is 12.3. The standard InChI is InChI=1S/C12H22.C5H8/c1-5-9-11(7-3)12(8-4)10-6-2;1-4-5(2)3/h5,9,12H,1,6-8,10H2,2-4H3;4H,1-2H2,3H3/b11-9+;. The third kappa shape index (κ3) is 11.2. The van der Waals surface area contributed by atoms with Crippen molar-refractivity contribution in [1.82, 2.24) is 0 Å². The maximum absolute atomic E-state index is 3.75. The predicted octanol–water partition coefficient (Wildman–Crippen LogP) is 6.08. The summed E-state index contributed by atoms with van der Waals surface area (Å²) in [5.41, 5.74) is 2.58. The minimum atomic E-state index is 0.790. The fourth-order valence-corrected chi connectivity index (χ4v) is 1.69. The minimum Gasteiger partial charge on any atom is -0.0991 e. The van der Waals surface area contributed by atoms with Crippen molar-refractivity contribution in [3.8, 4) is 0 Å². The summed E-state index contributed by atoms with van der Waals surface area (Å²) in [6.07, 6.45) is 10.9. The molecular formula is C17H30. The van der Waals surface area contributed by atoms with E-state index in [0.717, 1.165) is 11.5 Å². The van der Waals surface area contributed by atoms with Gasteiger partial charge < -0.3 is 0 Å². The second kappa shape index (κ2) is 13.0. The maximum atomic E-state index is 3.75. The Balaban J connectivity index is 0. The molecule has 0 heterocycles. The zero-order chi connectivity index (χ0) is 13.7. The molecule has 0 aliphatic heterocycles. The van der Waals surface area contributed by atoms with E-state index in [9.17, 15) is 0 Å². The van der Waals surface area contributed by atoms with Gasteiger partial charge in [0.15, 0.2) is 0 Å². The van der Waals surface area contributed by atoms with Crippen molar-refractivity contribution < 1.29 is 0 Å². The monoisotopic (exact) mass is 234 g/mol. The molecule has 0 aromatic carbocycles. The van der Waals surface area contributed by atoms with Crippen molar-refractivity contribution in [2.24, 2.45) is 5.92 Å². The van der Waals surface area contributed by atoms with E-state index in [1.807, 2.05) is 13.0 Å². The number of hydrogen-bond acceptors (Lipinski definition) is 0. The molecule has 0 N–H and O–H groups in total. The van der Waals surface area contributed by atoms with Gasteiger partial charge in [0.25, 0.3) is 0 Å². The van der Waals surface area contributed by atoms with Gasteiger partial charge in [-0.3, -0.25) is 0 Å². The van der Waals surface area contributed by atoms with Crippen LogP contribution in [0.15, 0.2) is 49.1 Å². The first-order chi connectivity index (χ1) is 8.06. The van der Waals surface area contributed by atoms with Crippen LogP contribution in [-0.2, 0) is 0 Å². The molecule has 0 aromatic heterocycles. The fourth-order valence-electron chi connectivity index (χ4n) is 1.69. The van der Waals surface area contributed by atoms with Crippen LogP contribution in [0.25, 0.3) is 0 Å². The summed E-state index contributed by atoms with van der Waals surface area (Å²) in [5, 5.41) is 0. The van der Waals surface area contributed by atoms with Crippen LogP contribution in [-0.4, -0.2) is 0 Å². The highest BCUT2D eigenvalue weighted by molar-refractivity contribution is 5.13. The highest BCUT2D eigenvalue weighted by Gasteiger charge is 2.08. The summed E-state index contributed by atoms with van der Waals surface area (Å²) >= 11 is 0. The smallest absolute Gasteiger partial charge is 0.0203 e. The molecule has 0 heteroatoms. The number of allylic oxidation sites excluding steroid dienone is 5. The van der Waals surface area contributed by atoms with Crippen molar-refractivity contribution in [2.75, 3.05) is 0 Å². The Hall–Kier alpha value is -1.04. The lowest BCUT2D eigenvalue weighted by Gasteiger charge is -2.16. The largest absolute Gasteiger partial charge is 0.0991 e. The zero-order valence-electron chi connectivity index (χ0n) is 12.3. The molecule has 0 fully saturated rings. The topological polar surface area (TPSA) is 0 Å². The lowest BCUT2D eigenvalue weighted by Crippen LogP contribution is -2.01. The molecule has 0 aromatic rings. The van der Waals surface area contributed by atoms with E-state index in [1.54, 1.807) is 11.6 Å². The van der Waals surface area contributed by atoms with E-state index in [-0.39, 0.29) is 0 Å². The van der Waals surface area contributed by atoms with Gasteiger partial charge >= 0.3 is 0 Å². The van der Waals surface area contributed by atoms with E-state index >= 15 is 0 Å². The normalized spacial score (nSPS) is 12.1. The van der Waals surface area contributed by atoms with Crippen molar-refractivity contribution in [3.63, 3.8) is 0 Å². The first-order valence-corrected chi connectivity index (χ1v) is 6.66.